The van der Waals surface area contributed by atoms with Crippen molar-refractivity contribution in [1.82, 2.24) is 0 Å². The van der Waals surface area contributed by atoms with E-state index in [9.17, 15) is 9.59 Å². The molecule has 0 saturated carbocycles. The lowest BCUT2D eigenvalue weighted by Crippen LogP contribution is -2.16. The molecule has 0 aromatic rings. The molecule has 3 nitrogen and oxygen atoms in total. The molecule has 0 aliphatic rings. The third-order valence-corrected chi connectivity index (χ3v) is 0.779. The molecule has 0 bridgehead atoms. The van der Waals surface area contributed by atoms with Crippen LogP contribution in [0.2, 0.25) is 0 Å². The summed E-state index contributed by atoms with van der Waals surface area (Å²) in [6.45, 7) is 0. The molecule has 0 aliphatic carbocycles. The van der Waals surface area contributed by atoms with Crippen LogP contribution in [0.15, 0.2) is 0 Å². The van der Waals surface area contributed by atoms with Crippen LogP contribution in [0, 0.1) is 0 Å². The Bertz CT molecular complexity index is 136. The molecule has 0 aliphatic heterocycles. The van der Waals surface area contributed by atoms with Gasteiger partial charge < -0.3 is 9.53 Å². The highest BCUT2D eigenvalue weighted by molar-refractivity contribution is 6.37. The fraction of sp³-hybridized carbons (Fsp3) is 0.500. The van der Waals surface area contributed by atoms with Gasteiger partial charge in [-0.1, -0.05) is 0 Å². The number of hydrogen-bond acceptors (Lipinski definition) is 3. The largest absolute Gasteiger partial charge is 0.468 e. The SMILES string of the molecule is [2H]C(=O)C(Cl)C(=O)OC. The van der Waals surface area contributed by atoms with E-state index in [0.717, 1.165) is 7.11 Å². The minimum absolute atomic E-state index is 0.892. The molecule has 0 N–H and O–H groups in total. The molecule has 0 spiro atoms. The van der Waals surface area contributed by atoms with Crippen molar-refractivity contribution in [3.05, 3.63) is 0 Å². The number of ether oxygens (including phenoxy) is 1. The number of carbonyl (C=O) groups excluding carboxylic acids is 2. The third kappa shape index (κ3) is 1.93. The van der Waals surface area contributed by atoms with Crippen LogP contribution in [0.4, 0.5) is 0 Å². The highest BCUT2D eigenvalue weighted by atomic mass is 35.5. The molecule has 0 aromatic carbocycles. The van der Waals surface area contributed by atoms with Gasteiger partial charge in [-0.2, -0.15) is 0 Å². The van der Waals surface area contributed by atoms with E-state index in [-0.39, 0.29) is 0 Å². The van der Waals surface area contributed by atoms with Gasteiger partial charge in [0.15, 0.2) is 5.38 Å². The van der Waals surface area contributed by atoms with Gasteiger partial charge in [0, 0.05) is 0 Å². The van der Waals surface area contributed by atoms with Gasteiger partial charge >= 0.3 is 5.97 Å². The summed E-state index contributed by atoms with van der Waals surface area (Å²) in [4.78, 5) is 20.2. The molecule has 0 fully saturated rings. The van der Waals surface area contributed by atoms with Crippen LogP contribution in [-0.2, 0) is 14.3 Å². The fourth-order valence-corrected chi connectivity index (χ4v) is 0.241. The summed E-state index contributed by atoms with van der Waals surface area (Å²) in [7, 11) is 1.10. The molecule has 0 aromatic heterocycles. The molecule has 0 saturated heterocycles. The van der Waals surface area contributed by atoms with E-state index in [1.54, 1.807) is 0 Å². The van der Waals surface area contributed by atoms with Crippen LogP contribution in [0.3, 0.4) is 0 Å². The van der Waals surface area contributed by atoms with Crippen molar-refractivity contribution in [3.8, 4) is 0 Å². The molecular formula is C4H5ClO3. The van der Waals surface area contributed by atoms with Crippen LogP contribution >= 0.6 is 11.6 Å². The Balaban J connectivity index is 3.88. The Morgan fingerprint density at radius 2 is 2.62 bits per heavy atom. The first-order valence-electron chi connectivity index (χ1n) is 2.32. The van der Waals surface area contributed by atoms with Crippen molar-refractivity contribution >= 4 is 23.8 Å². The second kappa shape index (κ2) is 3.43. The lowest BCUT2D eigenvalue weighted by molar-refractivity contribution is -0.141. The maximum atomic E-state index is 10.3. The molecule has 0 amide bonds. The van der Waals surface area contributed by atoms with E-state index in [2.05, 4.69) is 4.74 Å². The maximum Gasteiger partial charge on any atom is 0.331 e. The van der Waals surface area contributed by atoms with E-state index < -0.39 is 17.6 Å². The molecular weight excluding hydrogens is 131 g/mol. The molecule has 0 radical (unpaired) electrons. The van der Waals surface area contributed by atoms with Gasteiger partial charge in [-0.3, -0.25) is 0 Å². The van der Waals surface area contributed by atoms with Crippen molar-refractivity contribution in [2.75, 3.05) is 7.11 Å². The topological polar surface area (TPSA) is 43.4 Å². The number of halogens is 1. The second-order valence-electron chi connectivity index (χ2n) is 1.00. The molecule has 46 valence electrons. The Hall–Kier alpha value is -0.570. The summed E-state index contributed by atoms with van der Waals surface area (Å²) in [6.07, 6.45) is -1.15. The zero-order valence-electron chi connectivity index (χ0n) is 5.18. The minimum Gasteiger partial charge on any atom is -0.468 e. The van der Waals surface area contributed by atoms with Crippen LogP contribution in [0.5, 0.6) is 0 Å². The first-order chi connectivity index (χ1) is 4.09. The molecule has 4 heteroatoms. The highest BCUT2D eigenvalue weighted by Gasteiger charge is 2.12. The average molecular weight is 138 g/mol. The summed E-state index contributed by atoms with van der Waals surface area (Å²) in [5, 5.41) is -1.48. The first kappa shape index (κ1) is 5.56. The predicted octanol–water partition coefficient (Wildman–Crippen LogP) is -0.0343. The van der Waals surface area contributed by atoms with Gasteiger partial charge in [-0.15, -0.1) is 11.6 Å². The number of aldehydes is 1. The van der Waals surface area contributed by atoms with Crippen molar-refractivity contribution in [2.24, 2.45) is 0 Å². The van der Waals surface area contributed by atoms with Gasteiger partial charge in [0.2, 0.25) is 0 Å². The number of rotatable bonds is 2. The average Bonchev–Trinajstić information content (AvgIpc) is 1.84. The number of alkyl halides is 1. The van der Waals surface area contributed by atoms with Crippen molar-refractivity contribution in [3.63, 3.8) is 0 Å². The predicted molar refractivity (Wildman–Crippen MR) is 27.7 cm³/mol. The quantitative estimate of drug-likeness (QED) is 0.232. The van der Waals surface area contributed by atoms with Gasteiger partial charge in [0.1, 0.15) is 7.63 Å². The van der Waals surface area contributed by atoms with Crippen molar-refractivity contribution in [2.45, 2.75) is 5.38 Å². The van der Waals surface area contributed by atoms with Gasteiger partial charge in [-0.25, -0.2) is 4.79 Å². The monoisotopic (exact) mass is 137 g/mol. The Labute approximate surface area is 53.0 Å². The highest BCUT2D eigenvalue weighted by Crippen LogP contribution is 1.91. The molecule has 0 rings (SSSR count). The lowest BCUT2D eigenvalue weighted by Gasteiger charge is -1.95. The summed E-state index contributed by atoms with van der Waals surface area (Å²) in [6, 6.07) is 0. The van der Waals surface area contributed by atoms with E-state index in [0.29, 0.717) is 0 Å². The number of carbonyl (C=O) groups is 2. The first-order valence-corrected chi connectivity index (χ1v) is 2.25. The minimum atomic E-state index is -1.48. The van der Waals surface area contributed by atoms with E-state index in [1.165, 1.54) is 0 Å². The lowest BCUT2D eigenvalue weighted by atomic mass is 10.5. The Morgan fingerprint density at radius 3 is 2.75 bits per heavy atom. The van der Waals surface area contributed by atoms with E-state index >= 15 is 0 Å². The van der Waals surface area contributed by atoms with Crippen molar-refractivity contribution < 1.29 is 15.7 Å². The van der Waals surface area contributed by atoms with Gasteiger partial charge in [-0.05, 0) is 0 Å². The van der Waals surface area contributed by atoms with Crippen LogP contribution in [0.25, 0.3) is 0 Å². The standard InChI is InChI=1S/C4H5ClO3/c1-8-4(7)3(5)2-6/h2-3H,1H3/i2D. The summed E-state index contributed by atoms with van der Waals surface area (Å²) >= 11 is 5.05. The summed E-state index contributed by atoms with van der Waals surface area (Å²) < 4.78 is 10.4. The Kier molecular flexibility index (Phi) is 2.39. The van der Waals surface area contributed by atoms with Crippen molar-refractivity contribution in [1.29, 1.82) is 0 Å². The van der Waals surface area contributed by atoms with Gasteiger partial charge in [0.25, 0.3) is 0 Å². The molecule has 1 unspecified atom stereocenters. The summed E-state index contributed by atoms with van der Waals surface area (Å²) in [5.41, 5.74) is 0. The van der Waals surface area contributed by atoms with E-state index in [4.69, 9.17) is 13.0 Å². The molecule has 8 heavy (non-hydrogen) atoms. The van der Waals surface area contributed by atoms with Gasteiger partial charge in [0.05, 0.1) is 7.11 Å². The second-order valence-corrected chi connectivity index (χ2v) is 1.44. The van der Waals surface area contributed by atoms with Crippen LogP contribution < -0.4 is 0 Å². The Morgan fingerprint density at radius 1 is 2.12 bits per heavy atom. The van der Waals surface area contributed by atoms with E-state index in [1.807, 2.05) is 0 Å². The maximum absolute atomic E-state index is 10.3. The normalized spacial score (nSPS) is 14.0. The smallest absolute Gasteiger partial charge is 0.331 e. The zero-order chi connectivity index (χ0) is 7.44. The number of esters is 1. The molecule has 0 heterocycles. The summed E-state index contributed by atoms with van der Waals surface area (Å²) in [5.74, 6) is -0.892. The number of hydrogen-bond donors (Lipinski definition) is 0. The van der Waals surface area contributed by atoms with Crippen LogP contribution in [0.1, 0.15) is 1.37 Å². The number of methoxy groups -OCH3 is 1. The zero-order valence-corrected chi connectivity index (χ0v) is 4.94. The van der Waals surface area contributed by atoms with Crippen LogP contribution in [-0.4, -0.2) is 24.7 Å². The fourth-order valence-electron chi connectivity index (χ4n) is 0.152. The third-order valence-electron chi connectivity index (χ3n) is 0.512. The molecule has 1 atom stereocenters.